The highest BCUT2D eigenvalue weighted by Gasteiger charge is 2.14. The van der Waals surface area contributed by atoms with Crippen molar-refractivity contribution in [3.05, 3.63) is 58.6 Å². The van der Waals surface area contributed by atoms with Gasteiger partial charge in [0, 0.05) is 0 Å². The van der Waals surface area contributed by atoms with Gasteiger partial charge in [-0.3, -0.25) is 4.79 Å². The maximum atomic E-state index is 12.3. The second-order valence-electron chi connectivity index (χ2n) is 4.31. The molecule has 1 N–H and O–H groups in total. The summed E-state index contributed by atoms with van der Waals surface area (Å²) in [5, 5.41) is 2.80. The summed E-state index contributed by atoms with van der Waals surface area (Å²) in [5.41, 5.74) is 1.33. The van der Waals surface area contributed by atoms with Crippen molar-refractivity contribution in [3.8, 4) is 5.75 Å². The summed E-state index contributed by atoms with van der Waals surface area (Å²) >= 11 is 6.00. The molecule has 0 unspecified atom stereocenters. The molecule has 2 rings (SSSR count). The fraction of sp³-hybridized carbons (Fsp3) is 0.133. The zero-order valence-electron chi connectivity index (χ0n) is 11.1. The summed E-state index contributed by atoms with van der Waals surface area (Å²) < 4.78 is 29.0. The molecule has 0 aliphatic rings. The van der Waals surface area contributed by atoms with Crippen LogP contribution in [0.3, 0.4) is 0 Å². The van der Waals surface area contributed by atoms with E-state index < -0.39 is 12.5 Å². The zero-order chi connectivity index (χ0) is 15.4. The molecule has 2 aromatic carbocycles. The first-order valence-corrected chi connectivity index (χ1v) is 6.46. The van der Waals surface area contributed by atoms with Crippen molar-refractivity contribution in [3.63, 3.8) is 0 Å². The van der Waals surface area contributed by atoms with Gasteiger partial charge in [0.1, 0.15) is 5.75 Å². The summed E-state index contributed by atoms with van der Waals surface area (Å²) in [7, 11) is 0. The van der Waals surface area contributed by atoms with E-state index in [9.17, 15) is 13.6 Å². The Bertz CT molecular complexity index is 662. The van der Waals surface area contributed by atoms with Gasteiger partial charge >= 0.3 is 6.61 Å². The van der Waals surface area contributed by atoms with E-state index in [-0.39, 0.29) is 17.0 Å². The Kier molecular flexibility index (Phi) is 4.75. The topological polar surface area (TPSA) is 38.3 Å². The molecule has 6 heteroatoms. The molecule has 0 bridgehead atoms. The first-order valence-electron chi connectivity index (χ1n) is 6.08. The molecular formula is C15H12ClF2NO2. The van der Waals surface area contributed by atoms with Crippen LogP contribution in [-0.4, -0.2) is 12.5 Å². The number of hydrogen-bond donors (Lipinski definition) is 1. The van der Waals surface area contributed by atoms with Crippen LogP contribution in [0.1, 0.15) is 15.9 Å². The van der Waals surface area contributed by atoms with E-state index in [1.807, 2.05) is 6.92 Å². The Labute approximate surface area is 125 Å². The lowest BCUT2D eigenvalue weighted by Crippen LogP contribution is -2.14. The van der Waals surface area contributed by atoms with Crippen molar-refractivity contribution >= 4 is 23.2 Å². The van der Waals surface area contributed by atoms with Gasteiger partial charge in [0.2, 0.25) is 0 Å². The van der Waals surface area contributed by atoms with E-state index in [4.69, 9.17) is 11.6 Å². The van der Waals surface area contributed by atoms with E-state index in [1.54, 1.807) is 24.3 Å². The molecule has 0 heterocycles. The van der Waals surface area contributed by atoms with Gasteiger partial charge in [-0.25, -0.2) is 0 Å². The molecule has 21 heavy (non-hydrogen) atoms. The third-order valence-corrected chi connectivity index (χ3v) is 3.03. The van der Waals surface area contributed by atoms with Crippen molar-refractivity contribution in [2.24, 2.45) is 0 Å². The minimum atomic E-state index is -2.97. The fourth-order valence-electron chi connectivity index (χ4n) is 1.76. The van der Waals surface area contributed by atoms with Crippen molar-refractivity contribution in [1.29, 1.82) is 0 Å². The number of hydrogen-bond acceptors (Lipinski definition) is 2. The predicted octanol–water partition coefficient (Wildman–Crippen LogP) is 4.50. The quantitative estimate of drug-likeness (QED) is 0.902. The summed E-state index contributed by atoms with van der Waals surface area (Å²) in [6.45, 7) is -1.12. The Hall–Kier alpha value is -2.14. The number of halogens is 3. The Morgan fingerprint density at radius 2 is 1.95 bits per heavy atom. The molecule has 1 amide bonds. The van der Waals surface area contributed by atoms with E-state index in [0.29, 0.717) is 5.02 Å². The van der Waals surface area contributed by atoms with E-state index in [1.165, 1.54) is 18.2 Å². The van der Waals surface area contributed by atoms with Crippen LogP contribution in [0.2, 0.25) is 5.02 Å². The maximum absolute atomic E-state index is 12.3. The normalized spacial score (nSPS) is 10.5. The number of ether oxygens (including phenoxy) is 1. The Morgan fingerprint density at radius 3 is 2.62 bits per heavy atom. The van der Waals surface area contributed by atoms with Crippen molar-refractivity contribution in [2.75, 3.05) is 5.32 Å². The highest BCUT2D eigenvalue weighted by Crippen LogP contribution is 2.27. The minimum absolute atomic E-state index is 0.107. The highest BCUT2D eigenvalue weighted by atomic mass is 35.5. The molecule has 0 aromatic heterocycles. The summed E-state index contributed by atoms with van der Waals surface area (Å²) in [5.74, 6) is -0.602. The molecule has 0 saturated carbocycles. The van der Waals surface area contributed by atoms with E-state index in [0.717, 1.165) is 5.56 Å². The number of nitrogens with one attached hydrogen (secondary N) is 1. The van der Waals surface area contributed by atoms with Crippen LogP contribution in [0.15, 0.2) is 42.5 Å². The number of anilines is 1. The molecule has 3 nitrogen and oxygen atoms in total. The average Bonchev–Trinajstić information content (AvgIpc) is 2.40. The molecule has 0 atom stereocenters. The van der Waals surface area contributed by atoms with Crippen LogP contribution in [0.5, 0.6) is 5.75 Å². The van der Waals surface area contributed by atoms with Gasteiger partial charge < -0.3 is 10.1 Å². The standard InChI is InChI=1S/C15H12ClF2NO2/c1-9-6-7-10(11(16)8-9)14(20)19-12-4-2-3-5-13(12)21-15(17)18/h2-8,15H,1H3,(H,19,20). The molecule has 0 fully saturated rings. The predicted molar refractivity (Wildman–Crippen MR) is 77.2 cm³/mol. The number of carbonyl (C=O) groups excluding carboxylic acids is 1. The van der Waals surface area contributed by atoms with Crippen LogP contribution in [0.4, 0.5) is 14.5 Å². The molecule has 2 aromatic rings. The second-order valence-corrected chi connectivity index (χ2v) is 4.72. The number of benzene rings is 2. The molecule has 0 aliphatic heterocycles. The monoisotopic (exact) mass is 311 g/mol. The van der Waals surface area contributed by atoms with Crippen LogP contribution >= 0.6 is 11.6 Å². The molecule has 0 saturated heterocycles. The largest absolute Gasteiger partial charge is 0.433 e. The molecule has 0 spiro atoms. The van der Waals surface area contributed by atoms with Crippen molar-refractivity contribution in [1.82, 2.24) is 0 Å². The summed E-state index contributed by atoms with van der Waals surface area (Å²) in [6, 6.07) is 10.9. The smallest absolute Gasteiger partial charge is 0.387 e. The SMILES string of the molecule is Cc1ccc(C(=O)Nc2ccccc2OC(F)F)c(Cl)c1. The maximum Gasteiger partial charge on any atom is 0.387 e. The van der Waals surface area contributed by atoms with Gasteiger partial charge in [0.15, 0.2) is 0 Å². The van der Waals surface area contributed by atoms with E-state index in [2.05, 4.69) is 10.1 Å². The van der Waals surface area contributed by atoms with Gasteiger partial charge in [-0.1, -0.05) is 29.8 Å². The minimum Gasteiger partial charge on any atom is -0.433 e. The first-order chi connectivity index (χ1) is 9.97. The van der Waals surface area contributed by atoms with Gasteiger partial charge in [0.25, 0.3) is 5.91 Å². The van der Waals surface area contributed by atoms with Crippen molar-refractivity contribution in [2.45, 2.75) is 13.5 Å². The summed E-state index contributed by atoms with van der Waals surface area (Å²) in [4.78, 5) is 12.1. The average molecular weight is 312 g/mol. The molecule has 0 aliphatic carbocycles. The second kappa shape index (κ2) is 6.54. The zero-order valence-corrected chi connectivity index (χ0v) is 11.8. The van der Waals surface area contributed by atoms with Gasteiger partial charge in [-0.05, 0) is 36.8 Å². The van der Waals surface area contributed by atoms with Gasteiger partial charge in [0.05, 0.1) is 16.3 Å². The van der Waals surface area contributed by atoms with Gasteiger partial charge in [-0.15, -0.1) is 0 Å². The summed E-state index contributed by atoms with van der Waals surface area (Å²) in [6.07, 6.45) is 0. The van der Waals surface area contributed by atoms with Crippen molar-refractivity contribution < 1.29 is 18.3 Å². The lowest BCUT2D eigenvalue weighted by molar-refractivity contribution is -0.0493. The lowest BCUT2D eigenvalue weighted by atomic mass is 10.1. The fourth-order valence-corrected chi connectivity index (χ4v) is 2.08. The Morgan fingerprint density at radius 1 is 1.24 bits per heavy atom. The number of aryl methyl sites for hydroxylation is 1. The molecular weight excluding hydrogens is 300 g/mol. The number of alkyl halides is 2. The van der Waals surface area contributed by atoms with Crippen LogP contribution in [-0.2, 0) is 0 Å². The highest BCUT2D eigenvalue weighted by molar-refractivity contribution is 6.34. The van der Waals surface area contributed by atoms with E-state index >= 15 is 0 Å². The lowest BCUT2D eigenvalue weighted by Gasteiger charge is -2.12. The first kappa shape index (κ1) is 15.3. The number of carbonyl (C=O) groups is 1. The van der Waals surface area contributed by atoms with Crippen LogP contribution < -0.4 is 10.1 Å². The third-order valence-electron chi connectivity index (χ3n) is 2.72. The third kappa shape index (κ3) is 3.92. The number of amides is 1. The van der Waals surface area contributed by atoms with Crippen LogP contribution in [0, 0.1) is 6.92 Å². The number of para-hydroxylation sites is 2. The van der Waals surface area contributed by atoms with Gasteiger partial charge in [-0.2, -0.15) is 8.78 Å². The molecule has 0 radical (unpaired) electrons. The van der Waals surface area contributed by atoms with Crippen LogP contribution in [0.25, 0.3) is 0 Å². The number of rotatable bonds is 4. The molecule has 110 valence electrons. The Balaban J connectivity index is 2.23.